The highest BCUT2D eigenvalue weighted by atomic mass is 16.7. The smallest absolute Gasteiger partial charge is 0.292 e. The van der Waals surface area contributed by atoms with Gasteiger partial charge in [-0.05, 0) is 55.5 Å². The van der Waals surface area contributed by atoms with Crippen LogP contribution in [0.25, 0.3) is 0 Å². The minimum Gasteiger partial charge on any atom is -0.497 e. The molecule has 1 aliphatic carbocycles. The molecular weight excluding hydrogens is 370 g/mol. The van der Waals surface area contributed by atoms with Crippen molar-refractivity contribution in [2.45, 2.75) is 25.0 Å². The highest BCUT2D eigenvalue weighted by Gasteiger charge is 2.55. The summed E-state index contributed by atoms with van der Waals surface area (Å²) in [6.45, 7) is 1.58. The first kappa shape index (κ1) is 18.3. The second-order valence-electron chi connectivity index (χ2n) is 7.82. The zero-order valence-corrected chi connectivity index (χ0v) is 16.3. The summed E-state index contributed by atoms with van der Waals surface area (Å²) in [5.74, 6) is -0.578. The molecule has 1 saturated heterocycles. The maximum atomic E-state index is 13.3. The van der Waals surface area contributed by atoms with Crippen LogP contribution in [0, 0.1) is 5.92 Å². The SMILES string of the molecule is COc1cccc(C(=O)c2ccc3c(c2)C2(OCCCO2)C(=O)N3CC2CC2)c1. The van der Waals surface area contributed by atoms with Gasteiger partial charge in [0.25, 0.3) is 11.7 Å². The number of rotatable bonds is 5. The van der Waals surface area contributed by atoms with Crippen LogP contribution in [-0.4, -0.2) is 38.6 Å². The van der Waals surface area contributed by atoms with Gasteiger partial charge in [0.2, 0.25) is 0 Å². The highest BCUT2D eigenvalue weighted by Crippen LogP contribution is 2.47. The number of anilines is 1. The van der Waals surface area contributed by atoms with Crippen LogP contribution in [0.2, 0.25) is 0 Å². The average Bonchev–Trinajstić information content (AvgIpc) is 3.57. The number of carbonyl (C=O) groups is 2. The Labute approximate surface area is 169 Å². The number of ether oxygens (including phenoxy) is 3. The van der Waals surface area contributed by atoms with E-state index in [0.29, 0.717) is 48.1 Å². The van der Waals surface area contributed by atoms with Gasteiger partial charge < -0.3 is 19.1 Å². The Morgan fingerprint density at radius 1 is 1.14 bits per heavy atom. The molecule has 2 fully saturated rings. The van der Waals surface area contributed by atoms with Crippen LogP contribution in [0.5, 0.6) is 5.75 Å². The minimum absolute atomic E-state index is 0.134. The van der Waals surface area contributed by atoms with E-state index in [4.69, 9.17) is 14.2 Å². The summed E-state index contributed by atoms with van der Waals surface area (Å²) in [7, 11) is 1.57. The number of benzene rings is 2. The van der Waals surface area contributed by atoms with E-state index >= 15 is 0 Å². The van der Waals surface area contributed by atoms with Gasteiger partial charge in [-0.1, -0.05) is 12.1 Å². The van der Waals surface area contributed by atoms with Crippen LogP contribution in [0.4, 0.5) is 5.69 Å². The summed E-state index contributed by atoms with van der Waals surface area (Å²) in [5.41, 5.74) is 2.45. The summed E-state index contributed by atoms with van der Waals surface area (Å²) in [4.78, 5) is 28.2. The second kappa shape index (κ2) is 6.97. The number of hydrogen-bond donors (Lipinski definition) is 0. The van der Waals surface area contributed by atoms with Crippen molar-refractivity contribution < 1.29 is 23.8 Å². The van der Waals surface area contributed by atoms with Crippen molar-refractivity contribution in [2.75, 3.05) is 31.8 Å². The van der Waals surface area contributed by atoms with Gasteiger partial charge in [-0.25, -0.2) is 0 Å². The largest absolute Gasteiger partial charge is 0.497 e. The van der Waals surface area contributed by atoms with Crippen LogP contribution >= 0.6 is 0 Å². The molecule has 2 aromatic rings. The number of fused-ring (bicyclic) bond motifs is 2. The molecule has 0 aromatic heterocycles. The fourth-order valence-electron chi connectivity index (χ4n) is 4.06. The van der Waals surface area contributed by atoms with E-state index in [9.17, 15) is 9.59 Å². The average molecular weight is 393 g/mol. The Morgan fingerprint density at radius 2 is 1.90 bits per heavy atom. The van der Waals surface area contributed by atoms with Crippen molar-refractivity contribution in [2.24, 2.45) is 5.92 Å². The number of amides is 1. The van der Waals surface area contributed by atoms with Gasteiger partial charge in [-0.2, -0.15) is 0 Å². The maximum Gasteiger partial charge on any atom is 0.292 e. The van der Waals surface area contributed by atoms with Crippen molar-refractivity contribution in [3.63, 3.8) is 0 Å². The lowest BCUT2D eigenvalue weighted by atomic mass is 9.97. The Bertz CT molecular complexity index is 975. The Hall–Kier alpha value is -2.70. The number of ketones is 1. The van der Waals surface area contributed by atoms with Gasteiger partial charge >= 0.3 is 0 Å². The van der Waals surface area contributed by atoms with E-state index in [0.717, 1.165) is 24.9 Å². The molecule has 0 N–H and O–H groups in total. The monoisotopic (exact) mass is 393 g/mol. The van der Waals surface area contributed by atoms with E-state index in [-0.39, 0.29) is 11.7 Å². The lowest BCUT2D eigenvalue weighted by Crippen LogP contribution is -2.47. The molecule has 3 aliphatic rings. The molecule has 0 unspecified atom stereocenters. The molecule has 1 spiro atoms. The van der Waals surface area contributed by atoms with Crippen LogP contribution in [0.15, 0.2) is 42.5 Å². The molecule has 0 atom stereocenters. The van der Waals surface area contributed by atoms with E-state index < -0.39 is 5.79 Å². The third-order valence-corrected chi connectivity index (χ3v) is 5.80. The van der Waals surface area contributed by atoms with Crippen molar-refractivity contribution in [1.29, 1.82) is 0 Å². The number of carbonyl (C=O) groups excluding carboxylic acids is 2. The lowest BCUT2D eigenvalue weighted by Gasteiger charge is -2.32. The molecule has 2 aromatic carbocycles. The van der Waals surface area contributed by atoms with Crippen LogP contribution in [0.3, 0.4) is 0 Å². The zero-order chi connectivity index (χ0) is 20.0. The van der Waals surface area contributed by atoms with Gasteiger partial charge in [0.1, 0.15) is 5.75 Å². The summed E-state index contributed by atoms with van der Waals surface area (Å²) < 4.78 is 17.1. The first-order valence-corrected chi connectivity index (χ1v) is 10.1. The molecule has 1 amide bonds. The van der Waals surface area contributed by atoms with Gasteiger partial charge in [0, 0.05) is 23.2 Å². The Kier molecular flexibility index (Phi) is 4.41. The third-order valence-electron chi connectivity index (χ3n) is 5.80. The summed E-state index contributed by atoms with van der Waals surface area (Å²) in [5, 5.41) is 0. The first-order valence-electron chi connectivity index (χ1n) is 10.1. The molecule has 150 valence electrons. The van der Waals surface area contributed by atoms with Crippen LogP contribution in [0.1, 0.15) is 40.7 Å². The van der Waals surface area contributed by atoms with Crippen molar-refractivity contribution in [3.8, 4) is 5.75 Å². The maximum absolute atomic E-state index is 13.3. The summed E-state index contributed by atoms with van der Waals surface area (Å²) in [6, 6.07) is 12.4. The fraction of sp³-hybridized carbons (Fsp3) is 0.391. The topological polar surface area (TPSA) is 65.1 Å². The molecule has 0 radical (unpaired) electrons. The van der Waals surface area contributed by atoms with E-state index in [1.165, 1.54) is 0 Å². The van der Waals surface area contributed by atoms with E-state index in [1.807, 2.05) is 6.07 Å². The number of hydrogen-bond acceptors (Lipinski definition) is 5. The molecule has 2 heterocycles. The molecule has 6 heteroatoms. The molecule has 0 bridgehead atoms. The van der Waals surface area contributed by atoms with Crippen LogP contribution in [-0.2, 0) is 20.1 Å². The van der Waals surface area contributed by atoms with Crippen molar-refractivity contribution in [1.82, 2.24) is 0 Å². The van der Waals surface area contributed by atoms with Gasteiger partial charge in [-0.15, -0.1) is 0 Å². The van der Waals surface area contributed by atoms with Crippen LogP contribution < -0.4 is 9.64 Å². The summed E-state index contributed by atoms with van der Waals surface area (Å²) in [6.07, 6.45) is 3.02. The Morgan fingerprint density at radius 3 is 2.62 bits per heavy atom. The predicted octanol–water partition coefficient (Wildman–Crippen LogP) is 3.27. The standard InChI is InChI=1S/C23H23NO5/c1-27-18-5-2-4-16(12-18)21(25)17-8-9-20-19(13-17)23(28-10-3-11-29-23)22(26)24(20)14-15-6-7-15/h2,4-5,8-9,12-13,15H,3,6-7,10-11,14H2,1H3. The fourth-order valence-corrected chi connectivity index (χ4v) is 4.06. The molecule has 5 rings (SSSR count). The molecular formula is C23H23NO5. The first-order chi connectivity index (χ1) is 14.1. The third kappa shape index (κ3) is 3.03. The molecule has 1 saturated carbocycles. The second-order valence-corrected chi connectivity index (χ2v) is 7.82. The van der Waals surface area contributed by atoms with Gasteiger partial charge in [0.15, 0.2) is 5.78 Å². The van der Waals surface area contributed by atoms with E-state index in [2.05, 4.69) is 0 Å². The van der Waals surface area contributed by atoms with Gasteiger partial charge in [-0.3, -0.25) is 9.59 Å². The Balaban J connectivity index is 1.56. The highest BCUT2D eigenvalue weighted by molar-refractivity contribution is 6.11. The zero-order valence-electron chi connectivity index (χ0n) is 16.3. The molecule has 6 nitrogen and oxygen atoms in total. The number of methoxy groups -OCH3 is 1. The molecule has 29 heavy (non-hydrogen) atoms. The van der Waals surface area contributed by atoms with E-state index in [1.54, 1.807) is 48.4 Å². The van der Waals surface area contributed by atoms with Gasteiger partial charge in [0.05, 0.1) is 26.0 Å². The quantitative estimate of drug-likeness (QED) is 0.730. The lowest BCUT2D eigenvalue weighted by molar-refractivity contribution is -0.256. The molecule has 2 aliphatic heterocycles. The predicted molar refractivity (Wildman–Crippen MR) is 106 cm³/mol. The number of nitrogens with zero attached hydrogens (tertiary/aromatic N) is 1. The van der Waals surface area contributed by atoms with Crippen molar-refractivity contribution in [3.05, 3.63) is 59.2 Å². The summed E-state index contributed by atoms with van der Waals surface area (Å²) >= 11 is 0. The minimum atomic E-state index is -1.42. The van der Waals surface area contributed by atoms with Crippen molar-refractivity contribution >= 4 is 17.4 Å². The normalized spacial score (nSPS) is 20.0.